The number of carbonyl (C=O) groups is 2. The van der Waals surface area contributed by atoms with Crippen LogP contribution in [0.4, 0.5) is 4.79 Å². The summed E-state index contributed by atoms with van der Waals surface area (Å²) in [6.45, 7) is 0.0970. The van der Waals surface area contributed by atoms with Crippen molar-refractivity contribution in [3.8, 4) is 12.3 Å². The van der Waals surface area contributed by atoms with Crippen molar-refractivity contribution in [3.63, 3.8) is 0 Å². The fourth-order valence-corrected chi connectivity index (χ4v) is 2.27. The highest BCUT2D eigenvalue weighted by Crippen LogP contribution is 2.25. The molecular weight excluding hydrogens is 258 g/mol. The van der Waals surface area contributed by atoms with Crippen molar-refractivity contribution in [1.82, 2.24) is 4.90 Å². The van der Waals surface area contributed by atoms with Gasteiger partial charge in [-0.2, -0.15) is 0 Å². The quantitative estimate of drug-likeness (QED) is 0.854. The number of terminal acetylenes is 1. The molecule has 1 heterocycles. The fourth-order valence-electron chi connectivity index (χ4n) is 2.27. The van der Waals surface area contributed by atoms with Crippen LogP contribution in [0, 0.1) is 12.3 Å². The van der Waals surface area contributed by atoms with Crippen LogP contribution in [0.1, 0.15) is 18.4 Å². The number of hydrogen-bond donors (Lipinski definition) is 1. The lowest BCUT2D eigenvalue weighted by molar-refractivity contribution is -0.141. The lowest BCUT2D eigenvalue weighted by Crippen LogP contribution is -2.44. The summed E-state index contributed by atoms with van der Waals surface area (Å²) in [6, 6.07) is 7.77. The third-order valence-corrected chi connectivity index (χ3v) is 3.28. The number of aliphatic carboxylic acids is 1. The Balaban J connectivity index is 2.02. The molecule has 1 N–H and O–H groups in total. The molecule has 5 heteroatoms. The van der Waals surface area contributed by atoms with Gasteiger partial charge in [-0.05, 0) is 18.4 Å². The molecule has 1 aromatic rings. The minimum absolute atomic E-state index is 0.0970. The Morgan fingerprint density at radius 2 is 2.05 bits per heavy atom. The van der Waals surface area contributed by atoms with Gasteiger partial charge >= 0.3 is 12.1 Å². The molecule has 104 valence electrons. The molecule has 0 bridgehead atoms. The van der Waals surface area contributed by atoms with Gasteiger partial charge in [0.2, 0.25) is 0 Å². The molecule has 2 rings (SSSR count). The van der Waals surface area contributed by atoms with Crippen molar-refractivity contribution in [3.05, 3.63) is 35.9 Å². The van der Waals surface area contributed by atoms with E-state index in [1.165, 1.54) is 0 Å². The first-order valence-electron chi connectivity index (χ1n) is 6.31. The van der Waals surface area contributed by atoms with Gasteiger partial charge in [-0.15, -0.1) is 6.42 Å². The van der Waals surface area contributed by atoms with E-state index in [9.17, 15) is 9.59 Å². The molecular formula is C15H15NO4. The summed E-state index contributed by atoms with van der Waals surface area (Å²) in [5.41, 5.74) is 0.837. The minimum Gasteiger partial charge on any atom is -0.480 e. The van der Waals surface area contributed by atoms with Crippen molar-refractivity contribution < 1.29 is 19.4 Å². The second-order valence-electron chi connectivity index (χ2n) is 4.56. The maximum Gasteiger partial charge on any atom is 0.411 e. The molecule has 1 aliphatic rings. The number of amides is 1. The van der Waals surface area contributed by atoms with E-state index in [1.807, 2.05) is 30.3 Å². The first-order valence-corrected chi connectivity index (χ1v) is 6.31. The van der Waals surface area contributed by atoms with Crippen LogP contribution in [-0.2, 0) is 16.1 Å². The van der Waals surface area contributed by atoms with Gasteiger partial charge in [0.1, 0.15) is 12.6 Å². The lowest BCUT2D eigenvalue weighted by atomic mass is 10.2. The molecule has 1 fully saturated rings. The first kappa shape index (κ1) is 13.9. The van der Waals surface area contributed by atoms with Gasteiger partial charge in [-0.25, -0.2) is 9.59 Å². The SMILES string of the molecule is C#CC1CCC(C(=O)O)N1C(=O)OCc1ccccc1. The largest absolute Gasteiger partial charge is 0.480 e. The topological polar surface area (TPSA) is 66.8 Å². The van der Waals surface area contributed by atoms with Crippen molar-refractivity contribution in [2.24, 2.45) is 0 Å². The van der Waals surface area contributed by atoms with Gasteiger partial charge in [-0.3, -0.25) is 4.90 Å². The number of rotatable bonds is 3. The van der Waals surface area contributed by atoms with E-state index in [-0.39, 0.29) is 6.61 Å². The van der Waals surface area contributed by atoms with Crippen molar-refractivity contribution in [1.29, 1.82) is 0 Å². The standard InChI is InChI=1S/C15H15NO4/c1-2-12-8-9-13(14(17)18)16(12)15(19)20-10-11-6-4-3-5-7-11/h1,3-7,12-13H,8-10H2,(H,17,18). The van der Waals surface area contributed by atoms with Crippen molar-refractivity contribution in [2.45, 2.75) is 31.5 Å². The number of benzene rings is 1. The molecule has 0 radical (unpaired) electrons. The summed E-state index contributed by atoms with van der Waals surface area (Å²) >= 11 is 0. The molecule has 2 atom stereocenters. The summed E-state index contributed by atoms with van der Waals surface area (Å²) in [7, 11) is 0. The molecule has 0 aliphatic carbocycles. The van der Waals surface area contributed by atoms with Gasteiger partial charge < -0.3 is 9.84 Å². The fraction of sp³-hybridized carbons (Fsp3) is 0.333. The van der Waals surface area contributed by atoms with Crippen LogP contribution in [0.3, 0.4) is 0 Å². The van der Waals surface area contributed by atoms with Gasteiger partial charge in [0.15, 0.2) is 0 Å². The Kier molecular flexibility index (Phi) is 4.26. The zero-order valence-corrected chi connectivity index (χ0v) is 10.9. The van der Waals surface area contributed by atoms with Crippen LogP contribution in [0.25, 0.3) is 0 Å². The average Bonchev–Trinajstić information content (AvgIpc) is 2.90. The summed E-state index contributed by atoms with van der Waals surface area (Å²) in [6.07, 6.45) is 5.49. The van der Waals surface area contributed by atoms with E-state index in [1.54, 1.807) is 0 Å². The zero-order chi connectivity index (χ0) is 14.5. The maximum atomic E-state index is 12.0. The predicted octanol–water partition coefficient (Wildman–Crippen LogP) is 1.87. The second-order valence-corrected chi connectivity index (χ2v) is 4.56. The van der Waals surface area contributed by atoms with Crippen LogP contribution in [0.2, 0.25) is 0 Å². The number of carboxylic acid groups (broad SMARTS) is 1. The van der Waals surface area contributed by atoms with Crippen LogP contribution in [0.5, 0.6) is 0 Å². The Bertz CT molecular complexity index is 535. The van der Waals surface area contributed by atoms with E-state index in [2.05, 4.69) is 5.92 Å². The van der Waals surface area contributed by atoms with E-state index in [0.717, 1.165) is 10.5 Å². The van der Waals surface area contributed by atoms with Crippen LogP contribution >= 0.6 is 0 Å². The zero-order valence-electron chi connectivity index (χ0n) is 10.9. The van der Waals surface area contributed by atoms with Crippen LogP contribution < -0.4 is 0 Å². The highest BCUT2D eigenvalue weighted by molar-refractivity contribution is 5.81. The highest BCUT2D eigenvalue weighted by Gasteiger charge is 2.41. The maximum absolute atomic E-state index is 12.0. The Labute approximate surface area is 117 Å². The minimum atomic E-state index is -1.06. The average molecular weight is 273 g/mol. The van der Waals surface area contributed by atoms with E-state index in [0.29, 0.717) is 12.8 Å². The highest BCUT2D eigenvalue weighted by atomic mass is 16.6. The number of hydrogen-bond acceptors (Lipinski definition) is 3. The van der Waals surface area contributed by atoms with Crippen LogP contribution in [-0.4, -0.2) is 34.2 Å². The number of ether oxygens (including phenoxy) is 1. The summed E-state index contributed by atoms with van der Waals surface area (Å²) < 4.78 is 5.15. The van der Waals surface area contributed by atoms with E-state index >= 15 is 0 Å². The Morgan fingerprint density at radius 1 is 1.35 bits per heavy atom. The van der Waals surface area contributed by atoms with Gasteiger partial charge in [0.05, 0.1) is 6.04 Å². The molecule has 2 unspecified atom stereocenters. The number of likely N-dealkylation sites (tertiary alicyclic amines) is 1. The van der Waals surface area contributed by atoms with Crippen LogP contribution in [0.15, 0.2) is 30.3 Å². The molecule has 0 saturated carbocycles. The van der Waals surface area contributed by atoms with Crippen molar-refractivity contribution >= 4 is 12.1 Å². The third-order valence-electron chi connectivity index (χ3n) is 3.28. The number of carboxylic acids is 1. The number of nitrogens with zero attached hydrogens (tertiary/aromatic N) is 1. The molecule has 1 aromatic carbocycles. The van der Waals surface area contributed by atoms with Crippen molar-refractivity contribution in [2.75, 3.05) is 0 Å². The first-order chi connectivity index (χ1) is 9.63. The Hall–Kier alpha value is -2.48. The smallest absolute Gasteiger partial charge is 0.411 e. The molecule has 1 aliphatic heterocycles. The molecule has 1 saturated heterocycles. The van der Waals surface area contributed by atoms with E-state index < -0.39 is 24.1 Å². The normalized spacial score (nSPS) is 21.2. The lowest BCUT2D eigenvalue weighted by Gasteiger charge is -2.24. The van der Waals surface area contributed by atoms with Gasteiger partial charge in [-0.1, -0.05) is 36.3 Å². The summed E-state index contributed by atoms with van der Waals surface area (Å²) in [4.78, 5) is 24.3. The number of carbonyl (C=O) groups excluding carboxylic acids is 1. The van der Waals surface area contributed by atoms with E-state index in [4.69, 9.17) is 16.3 Å². The second kappa shape index (κ2) is 6.11. The summed E-state index contributed by atoms with van der Waals surface area (Å²) in [5, 5.41) is 9.11. The molecule has 0 spiro atoms. The predicted molar refractivity (Wildman–Crippen MR) is 71.7 cm³/mol. The van der Waals surface area contributed by atoms with Gasteiger partial charge in [0, 0.05) is 0 Å². The molecule has 5 nitrogen and oxygen atoms in total. The van der Waals surface area contributed by atoms with Gasteiger partial charge in [0.25, 0.3) is 0 Å². The third kappa shape index (κ3) is 2.91. The summed E-state index contributed by atoms with van der Waals surface area (Å²) in [5.74, 6) is 1.38. The molecule has 20 heavy (non-hydrogen) atoms. The molecule has 0 aromatic heterocycles. The Morgan fingerprint density at radius 3 is 2.65 bits per heavy atom. The molecule has 1 amide bonds. The monoisotopic (exact) mass is 273 g/mol.